The highest BCUT2D eigenvalue weighted by Gasteiger charge is 2.18. The summed E-state index contributed by atoms with van der Waals surface area (Å²) in [5, 5.41) is 4.96. The fourth-order valence-electron chi connectivity index (χ4n) is 1.87. The summed E-state index contributed by atoms with van der Waals surface area (Å²) in [6.45, 7) is 7.11. The zero-order valence-electron chi connectivity index (χ0n) is 10.9. The van der Waals surface area contributed by atoms with Crippen LogP contribution in [-0.2, 0) is 4.79 Å². The van der Waals surface area contributed by atoms with Crippen LogP contribution in [0.25, 0.3) is 0 Å². The van der Waals surface area contributed by atoms with Crippen molar-refractivity contribution in [2.45, 2.75) is 19.4 Å². The van der Waals surface area contributed by atoms with E-state index in [4.69, 9.17) is 5.73 Å². The lowest BCUT2D eigenvalue weighted by atomic mass is 10.2. The molecule has 0 aliphatic carbocycles. The maximum Gasteiger partial charge on any atom is 0.221 e. The lowest BCUT2D eigenvalue weighted by Crippen LogP contribution is -2.56. The molecule has 4 N–H and O–H groups in total. The highest BCUT2D eigenvalue weighted by atomic mass is 16.1. The van der Waals surface area contributed by atoms with Gasteiger partial charge >= 0.3 is 0 Å². The van der Waals surface area contributed by atoms with Crippen LogP contribution < -0.4 is 16.5 Å². The lowest BCUT2D eigenvalue weighted by Gasteiger charge is -2.35. The summed E-state index contributed by atoms with van der Waals surface area (Å²) in [5.74, 6) is 0.0598. The van der Waals surface area contributed by atoms with E-state index in [1.54, 1.807) is 0 Å². The number of hydrazine groups is 1. The van der Waals surface area contributed by atoms with Gasteiger partial charge in [-0.15, -0.1) is 0 Å². The van der Waals surface area contributed by atoms with Crippen LogP contribution in [0.1, 0.15) is 13.3 Å². The molecule has 6 heteroatoms. The van der Waals surface area contributed by atoms with E-state index in [9.17, 15) is 4.79 Å². The zero-order chi connectivity index (χ0) is 12.7. The SMILES string of the molecule is CCNC(=O)CC(CN)NN1CCN(C)CC1. The van der Waals surface area contributed by atoms with Crippen molar-refractivity contribution in [3.63, 3.8) is 0 Å². The van der Waals surface area contributed by atoms with Gasteiger partial charge in [0.1, 0.15) is 0 Å². The van der Waals surface area contributed by atoms with E-state index in [1.165, 1.54) is 0 Å². The largest absolute Gasteiger partial charge is 0.356 e. The minimum atomic E-state index is 0.0324. The topological polar surface area (TPSA) is 73.6 Å². The van der Waals surface area contributed by atoms with E-state index < -0.39 is 0 Å². The molecular formula is C11H25N5O. The van der Waals surface area contributed by atoms with Gasteiger partial charge in [-0.25, -0.2) is 5.01 Å². The summed E-state index contributed by atoms with van der Waals surface area (Å²) in [6.07, 6.45) is 0.441. The van der Waals surface area contributed by atoms with Crippen LogP contribution in [0, 0.1) is 0 Å². The summed E-state index contributed by atoms with van der Waals surface area (Å²) < 4.78 is 0. The van der Waals surface area contributed by atoms with Crippen LogP contribution in [0.2, 0.25) is 0 Å². The van der Waals surface area contributed by atoms with E-state index in [0.717, 1.165) is 26.2 Å². The van der Waals surface area contributed by atoms with Crippen LogP contribution in [0.3, 0.4) is 0 Å². The van der Waals surface area contributed by atoms with Gasteiger partial charge in [-0.2, -0.15) is 0 Å². The minimum Gasteiger partial charge on any atom is -0.356 e. The molecule has 1 saturated heterocycles. The summed E-state index contributed by atoms with van der Waals surface area (Å²) in [6, 6.07) is 0.0324. The Morgan fingerprint density at radius 2 is 2.00 bits per heavy atom. The molecule has 1 rings (SSSR count). The summed E-state index contributed by atoms with van der Waals surface area (Å²) in [5.41, 5.74) is 9.02. The lowest BCUT2D eigenvalue weighted by molar-refractivity contribution is -0.121. The quantitative estimate of drug-likeness (QED) is 0.535. The Bertz CT molecular complexity index is 228. The molecule has 0 aromatic carbocycles. The molecule has 0 aromatic heterocycles. The van der Waals surface area contributed by atoms with Gasteiger partial charge in [0.2, 0.25) is 5.91 Å². The number of nitrogens with two attached hydrogens (primary N) is 1. The second kappa shape index (κ2) is 7.60. The standard InChI is InChI=1S/C11H25N5O/c1-3-13-11(17)8-10(9-12)14-16-6-4-15(2)5-7-16/h10,14H,3-9,12H2,1-2H3,(H,13,17). The molecule has 0 aromatic rings. The fourth-order valence-corrected chi connectivity index (χ4v) is 1.87. The Kier molecular flexibility index (Phi) is 6.43. The number of piperazine rings is 1. The molecule has 1 aliphatic rings. The molecule has 0 saturated carbocycles. The van der Waals surface area contributed by atoms with Gasteiger partial charge in [0.05, 0.1) is 0 Å². The number of nitrogens with one attached hydrogen (secondary N) is 2. The molecule has 1 atom stereocenters. The predicted molar refractivity (Wildman–Crippen MR) is 68.3 cm³/mol. The number of hydrogen-bond donors (Lipinski definition) is 3. The first kappa shape index (κ1) is 14.4. The molecule has 1 unspecified atom stereocenters. The average Bonchev–Trinajstić information content (AvgIpc) is 2.31. The average molecular weight is 243 g/mol. The molecule has 0 spiro atoms. The van der Waals surface area contributed by atoms with Crippen molar-refractivity contribution < 1.29 is 4.79 Å². The van der Waals surface area contributed by atoms with Gasteiger partial charge < -0.3 is 16.0 Å². The van der Waals surface area contributed by atoms with E-state index in [0.29, 0.717) is 19.5 Å². The molecule has 1 amide bonds. The van der Waals surface area contributed by atoms with Crippen molar-refractivity contribution >= 4 is 5.91 Å². The highest BCUT2D eigenvalue weighted by Crippen LogP contribution is 1.98. The van der Waals surface area contributed by atoms with E-state index in [-0.39, 0.29) is 11.9 Å². The maximum absolute atomic E-state index is 11.5. The van der Waals surface area contributed by atoms with Gasteiger partial charge in [0.25, 0.3) is 0 Å². The van der Waals surface area contributed by atoms with Gasteiger partial charge in [-0.05, 0) is 14.0 Å². The van der Waals surface area contributed by atoms with Crippen molar-refractivity contribution in [1.29, 1.82) is 0 Å². The molecule has 1 aliphatic heterocycles. The highest BCUT2D eigenvalue weighted by molar-refractivity contribution is 5.76. The van der Waals surface area contributed by atoms with Crippen molar-refractivity contribution in [3.8, 4) is 0 Å². The predicted octanol–water partition coefficient (Wildman–Crippen LogP) is -1.41. The molecule has 0 radical (unpaired) electrons. The number of carbonyl (C=O) groups is 1. The van der Waals surface area contributed by atoms with Crippen LogP contribution in [0.4, 0.5) is 0 Å². The zero-order valence-corrected chi connectivity index (χ0v) is 10.9. The van der Waals surface area contributed by atoms with Crippen LogP contribution in [0.15, 0.2) is 0 Å². The van der Waals surface area contributed by atoms with E-state index in [1.807, 2.05) is 6.92 Å². The van der Waals surface area contributed by atoms with E-state index >= 15 is 0 Å². The molecule has 1 fully saturated rings. The summed E-state index contributed by atoms with van der Waals surface area (Å²) in [7, 11) is 2.12. The molecule has 100 valence electrons. The Morgan fingerprint density at radius 3 is 2.53 bits per heavy atom. The van der Waals surface area contributed by atoms with Crippen molar-refractivity contribution in [2.75, 3.05) is 46.3 Å². The van der Waals surface area contributed by atoms with Crippen LogP contribution in [-0.4, -0.2) is 68.2 Å². The Morgan fingerprint density at radius 1 is 1.35 bits per heavy atom. The number of rotatable bonds is 6. The van der Waals surface area contributed by atoms with Gasteiger partial charge in [-0.3, -0.25) is 10.2 Å². The Hall–Kier alpha value is -0.690. The molecule has 1 heterocycles. The maximum atomic E-state index is 11.5. The third kappa shape index (κ3) is 5.45. The Labute approximate surface area is 103 Å². The second-order valence-corrected chi connectivity index (χ2v) is 4.51. The second-order valence-electron chi connectivity index (χ2n) is 4.51. The number of nitrogens with zero attached hydrogens (tertiary/aromatic N) is 2. The Balaban J connectivity index is 2.28. The van der Waals surface area contributed by atoms with E-state index in [2.05, 4.69) is 27.7 Å². The first-order chi connectivity index (χ1) is 8.15. The number of amides is 1. The van der Waals surface area contributed by atoms with Crippen molar-refractivity contribution in [3.05, 3.63) is 0 Å². The first-order valence-electron chi connectivity index (χ1n) is 6.32. The van der Waals surface area contributed by atoms with Crippen molar-refractivity contribution in [1.82, 2.24) is 20.7 Å². The minimum absolute atomic E-state index is 0.0324. The smallest absolute Gasteiger partial charge is 0.221 e. The van der Waals surface area contributed by atoms with Crippen LogP contribution in [0.5, 0.6) is 0 Å². The van der Waals surface area contributed by atoms with Crippen molar-refractivity contribution in [2.24, 2.45) is 5.73 Å². The normalized spacial score (nSPS) is 20.2. The molecular weight excluding hydrogens is 218 g/mol. The van der Waals surface area contributed by atoms with Crippen LogP contribution >= 0.6 is 0 Å². The fraction of sp³-hybridized carbons (Fsp3) is 0.909. The van der Waals surface area contributed by atoms with Gasteiger partial charge in [0.15, 0.2) is 0 Å². The number of likely N-dealkylation sites (N-methyl/N-ethyl adjacent to an activating group) is 1. The van der Waals surface area contributed by atoms with Gasteiger partial charge in [-0.1, -0.05) is 0 Å². The first-order valence-corrected chi connectivity index (χ1v) is 6.32. The number of carbonyl (C=O) groups excluding carboxylic acids is 1. The summed E-state index contributed by atoms with van der Waals surface area (Å²) >= 11 is 0. The van der Waals surface area contributed by atoms with Gasteiger partial charge in [0, 0.05) is 51.7 Å². The monoisotopic (exact) mass is 243 g/mol. The summed E-state index contributed by atoms with van der Waals surface area (Å²) in [4.78, 5) is 13.8. The third-order valence-electron chi connectivity index (χ3n) is 2.96. The third-order valence-corrected chi connectivity index (χ3v) is 2.96. The molecule has 0 bridgehead atoms. The molecule has 17 heavy (non-hydrogen) atoms. The number of hydrogen-bond acceptors (Lipinski definition) is 5. The molecule has 6 nitrogen and oxygen atoms in total.